The minimum Gasteiger partial charge on any atom is -0.271 e. The summed E-state index contributed by atoms with van der Waals surface area (Å²) in [5.74, 6) is -1.23. The van der Waals surface area contributed by atoms with E-state index in [0.29, 0.717) is 15.6 Å². The standard InChI is InChI=1S/C21H16Cl2FN3O3S/c22-19-11-6-15(12-20(19)23)13-25-26-21(28)14-27(17-9-7-16(24)8-10-17)31(29,30)18-4-2-1-3-5-18/h1-13H,14H2,(H,26,28)/b25-13+. The molecular formula is C21H16Cl2FN3O3S. The van der Waals surface area contributed by atoms with Gasteiger partial charge in [0, 0.05) is 0 Å². The number of anilines is 1. The zero-order valence-corrected chi connectivity index (χ0v) is 18.2. The molecule has 3 aromatic rings. The fourth-order valence-electron chi connectivity index (χ4n) is 2.58. The van der Waals surface area contributed by atoms with Gasteiger partial charge in [-0.15, -0.1) is 0 Å². The van der Waals surface area contributed by atoms with E-state index < -0.39 is 28.3 Å². The number of hydrogen-bond donors (Lipinski definition) is 1. The Bertz CT molecular complexity index is 1200. The zero-order chi connectivity index (χ0) is 22.4. The van der Waals surface area contributed by atoms with Crippen molar-refractivity contribution >= 4 is 51.0 Å². The van der Waals surface area contributed by atoms with E-state index in [0.717, 1.165) is 16.4 Å². The second-order valence-electron chi connectivity index (χ2n) is 6.27. The van der Waals surface area contributed by atoms with E-state index in [-0.39, 0.29) is 10.6 Å². The van der Waals surface area contributed by atoms with Crippen LogP contribution in [0.4, 0.5) is 10.1 Å². The van der Waals surface area contributed by atoms with Crippen molar-refractivity contribution < 1.29 is 17.6 Å². The fraction of sp³-hybridized carbons (Fsp3) is 0.0476. The molecule has 0 fully saturated rings. The van der Waals surface area contributed by atoms with Gasteiger partial charge in [0.05, 0.1) is 26.8 Å². The molecule has 31 heavy (non-hydrogen) atoms. The summed E-state index contributed by atoms with van der Waals surface area (Å²) in [5, 5.41) is 4.53. The first-order valence-electron chi connectivity index (χ1n) is 8.88. The van der Waals surface area contributed by atoms with E-state index in [2.05, 4.69) is 10.5 Å². The smallest absolute Gasteiger partial charge is 0.264 e. The number of sulfonamides is 1. The highest BCUT2D eigenvalue weighted by Gasteiger charge is 2.27. The Morgan fingerprint density at radius 2 is 1.68 bits per heavy atom. The quantitative estimate of drug-likeness (QED) is 0.400. The third kappa shape index (κ3) is 5.81. The van der Waals surface area contributed by atoms with Crippen LogP contribution in [0.5, 0.6) is 0 Å². The second kappa shape index (κ2) is 9.91. The summed E-state index contributed by atoms with van der Waals surface area (Å²) in [6, 6.07) is 17.2. The molecule has 1 amide bonds. The number of hydrazone groups is 1. The average molecular weight is 480 g/mol. The monoisotopic (exact) mass is 479 g/mol. The van der Waals surface area contributed by atoms with Crippen molar-refractivity contribution in [3.05, 3.63) is 94.2 Å². The Labute approximate surface area is 189 Å². The Morgan fingerprint density at radius 3 is 2.32 bits per heavy atom. The summed E-state index contributed by atoms with van der Waals surface area (Å²) >= 11 is 11.8. The third-order valence-corrected chi connectivity index (χ3v) is 6.61. The molecule has 0 aliphatic carbocycles. The van der Waals surface area contributed by atoms with Gasteiger partial charge in [0.1, 0.15) is 12.4 Å². The topological polar surface area (TPSA) is 78.8 Å². The first kappa shape index (κ1) is 22.7. The lowest BCUT2D eigenvalue weighted by atomic mass is 10.2. The number of carbonyl (C=O) groups is 1. The molecule has 0 aliphatic rings. The predicted molar refractivity (Wildman–Crippen MR) is 120 cm³/mol. The summed E-state index contributed by atoms with van der Waals surface area (Å²) in [7, 11) is -4.08. The van der Waals surface area contributed by atoms with Gasteiger partial charge in [-0.05, 0) is 54.1 Å². The van der Waals surface area contributed by atoms with Crippen LogP contribution < -0.4 is 9.73 Å². The highest BCUT2D eigenvalue weighted by molar-refractivity contribution is 7.92. The highest BCUT2D eigenvalue weighted by atomic mass is 35.5. The molecule has 0 radical (unpaired) electrons. The van der Waals surface area contributed by atoms with E-state index in [4.69, 9.17) is 23.2 Å². The normalized spacial score (nSPS) is 11.5. The van der Waals surface area contributed by atoms with Crippen molar-refractivity contribution in [3.63, 3.8) is 0 Å². The molecule has 0 saturated heterocycles. The molecule has 0 atom stereocenters. The van der Waals surface area contributed by atoms with Crippen molar-refractivity contribution in [1.29, 1.82) is 0 Å². The van der Waals surface area contributed by atoms with Gasteiger partial charge in [-0.2, -0.15) is 5.10 Å². The van der Waals surface area contributed by atoms with Crippen molar-refractivity contribution in [2.45, 2.75) is 4.90 Å². The molecule has 10 heteroatoms. The van der Waals surface area contributed by atoms with Crippen LogP contribution in [0.1, 0.15) is 5.56 Å². The van der Waals surface area contributed by atoms with E-state index in [1.807, 2.05) is 0 Å². The van der Waals surface area contributed by atoms with E-state index in [1.165, 1.54) is 30.5 Å². The Kier molecular flexibility index (Phi) is 7.27. The highest BCUT2D eigenvalue weighted by Crippen LogP contribution is 2.24. The zero-order valence-electron chi connectivity index (χ0n) is 15.9. The molecule has 6 nitrogen and oxygen atoms in total. The third-order valence-electron chi connectivity index (χ3n) is 4.08. The van der Waals surface area contributed by atoms with Gasteiger partial charge in [-0.25, -0.2) is 18.2 Å². The van der Waals surface area contributed by atoms with Crippen LogP contribution in [0.25, 0.3) is 0 Å². The van der Waals surface area contributed by atoms with Gasteiger partial charge in [0.2, 0.25) is 0 Å². The average Bonchev–Trinajstić information content (AvgIpc) is 2.76. The number of benzene rings is 3. The van der Waals surface area contributed by atoms with Crippen LogP contribution in [0.2, 0.25) is 10.0 Å². The summed E-state index contributed by atoms with van der Waals surface area (Å²) < 4.78 is 40.4. The van der Waals surface area contributed by atoms with Gasteiger partial charge >= 0.3 is 0 Å². The van der Waals surface area contributed by atoms with Gasteiger partial charge in [-0.1, -0.05) is 47.5 Å². The molecule has 0 aromatic heterocycles. The van der Waals surface area contributed by atoms with Crippen LogP contribution in [0, 0.1) is 5.82 Å². The lowest BCUT2D eigenvalue weighted by molar-refractivity contribution is -0.119. The minimum atomic E-state index is -4.08. The number of carbonyl (C=O) groups excluding carboxylic acids is 1. The van der Waals surface area contributed by atoms with Crippen LogP contribution in [-0.2, 0) is 14.8 Å². The van der Waals surface area contributed by atoms with Crippen molar-refractivity contribution in [3.8, 4) is 0 Å². The van der Waals surface area contributed by atoms with Gasteiger partial charge in [0.25, 0.3) is 15.9 Å². The maximum absolute atomic E-state index is 13.3. The Morgan fingerprint density at radius 1 is 1.00 bits per heavy atom. The Balaban J connectivity index is 1.81. The van der Waals surface area contributed by atoms with E-state index in [9.17, 15) is 17.6 Å². The predicted octanol–water partition coefficient (Wildman–Crippen LogP) is 4.48. The van der Waals surface area contributed by atoms with Gasteiger partial charge in [-0.3, -0.25) is 9.10 Å². The van der Waals surface area contributed by atoms with E-state index in [1.54, 1.807) is 36.4 Å². The molecular weight excluding hydrogens is 464 g/mol. The number of halogens is 3. The van der Waals surface area contributed by atoms with Crippen LogP contribution >= 0.6 is 23.2 Å². The second-order valence-corrected chi connectivity index (χ2v) is 8.94. The van der Waals surface area contributed by atoms with Gasteiger partial charge < -0.3 is 0 Å². The molecule has 1 N–H and O–H groups in total. The number of amides is 1. The molecule has 3 aromatic carbocycles. The molecule has 0 saturated carbocycles. The molecule has 0 aliphatic heterocycles. The molecule has 0 heterocycles. The van der Waals surface area contributed by atoms with Crippen molar-refractivity contribution in [1.82, 2.24) is 5.43 Å². The van der Waals surface area contributed by atoms with Gasteiger partial charge in [0.15, 0.2) is 0 Å². The summed E-state index contributed by atoms with van der Waals surface area (Å²) in [5.41, 5.74) is 2.99. The molecule has 0 bridgehead atoms. The molecule has 3 rings (SSSR count). The van der Waals surface area contributed by atoms with Crippen molar-refractivity contribution in [2.24, 2.45) is 5.10 Å². The van der Waals surface area contributed by atoms with Crippen LogP contribution in [-0.4, -0.2) is 27.1 Å². The van der Waals surface area contributed by atoms with Crippen LogP contribution in [0.3, 0.4) is 0 Å². The SMILES string of the molecule is O=C(CN(c1ccc(F)cc1)S(=O)(=O)c1ccccc1)N/N=C/c1ccc(Cl)c(Cl)c1. The van der Waals surface area contributed by atoms with E-state index >= 15 is 0 Å². The first-order valence-corrected chi connectivity index (χ1v) is 11.1. The number of nitrogens with one attached hydrogen (secondary N) is 1. The number of nitrogens with zero attached hydrogens (tertiary/aromatic N) is 2. The summed E-state index contributed by atoms with van der Waals surface area (Å²) in [4.78, 5) is 12.4. The molecule has 0 unspecified atom stereocenters. The molecule has 0 spiro atoms. The molecule has 160 valence electrons. The summed E-state index contributed by atoms with van der Waals surface area (Å²) in [6.45, 7) is -0.568. The maximum Gasteiger partial charge on any atom is 0.264 e. The fourth-order valence-corrected chi connectivity index (χ4v) is 4.33. The number of hydrogen-bond acceptors (Lipinski definition) is 4. The Hall–Kier alpha value is -2.94. The lowest BCUT2D eigenvalue weighted by Crippen LogP contribution is -2.39. The maximum atomic E-state index is 13.3. The lowest BCUT2D eigenvalue weighted by Gasteiger charge is -2.23. The largest absolute Gasteiger partial charge is 0.271 e. The number of rotatable bonds is 7. The van der Waals surface area contributed by atoms with Crippen LogP contribution in [0.15, 0.2) is 82.8 Å². The first-order chi connectivity index (χ1) is 14.8. The minimum absolute atomic E-state index is 0.00793. The summed E-state index contributed by atoms with van der Waals surface area (Å²) in [6.07, 6.45) is 1.34. The van der Waals surface area contributed by atoms with Crippen molar-refractivity contribution in [2.75, 3.05) is 10.8 Å².